The Bertz CT molecular complexity index is 847. The van der Waals surface area contributed by atoms with Gasteiger partial charge in [-0.25, -0.2) is 0 Å². The fraction of sp³-hybridized carbons (Fsp3) is 0.667. The largest absolute Gasteiger partial charge is 0.495 e. The molecule has 150 valence electrons. The quantitative estimate of drug-likeness (QED) is 0.820. The number of hydrogen-bond donors (Lipinski definition) is 1. The number of aliphatic imine (C=N–C) groups is 1. The molecular formula is C24H32N2O2. The fourth-order valence-corrected chi connectivity index (χ4v) is 7.06. The summed E-state index contributed by atoms with van der Waals surface area (Å²) in [5.74, 6) is 2.84. The van der Waals surface area contributed by atoms with E-state index in [1.807, 2.05) is 6.20 Å². The summed E-state index contributed by atoms with van der Waals surface area (Å²) in [5, 5.41) is 10.1. The summed E-state index contributed by atoms with van der Waals surface area (Å²) in [7, 11) is 1.71. The number of fused-ring (bicyclic) bond motifs is 5. The van der Waals surface area contributed by atoms with Crippen molar-refractivity contribution in [3.8, 4) is 5.75 Å². The van der Waals surface area contributed by atoms with Crippen LogP contribution in [0.25, 0.3) is 5.57 Å². The monoisotopic (exact) mass is 380 g/mol. The summed E-state index contributed by atoms with van der Waals surface area (Å²) in [6, 6.07) is 2.14. The maximum Gasteiger partial charge on any atom is 0.137 e. The van der Waals surface area contributed by atoms with Gasteiger partial charge in [0.1, 0.15) is 5.75 Å². The van der Waals surface area contributed by atoms with Crippen LogP contribution in [0.5, 0.6) is 5.75 Å². The highest BCUT2D eigenvalue weighted by molar-refractivity contribution is 5.92. The number of ether oxygens (including phenoxy) is 1. The van der Waals surface area contributed by atoms with Crippen molar-refractivity contribution >= 4 is 11.3 Å². The lowest BCUT2D eigenvalue weighted by molar-refractivity contribution is -0.000455. The molecule has 1 aromatic heterocycles. The first-order valence-corrected chi connectivity index (χ1v) is 10.9. The van der Waals surface area contributed by atoms with E-state index in [2.05, 4.69) is 31.0 Å². The van der Waals surface area contributed by atoms with E-state index >= 15 is 0 Å². The van der Waals surface area contributed by atoms with Crippen LogP contribution in [0.2, 0.25) is 0 Å². The molecule has 4 nitrogen and oxygen atoms in total. The van der Waals surface area contributed by atoms with Gasteiger partial charge in [0.05, 0.1) is 19.4 Å². The molecule has 6 atom stereocenters. The first kappa shape index (κ1) is 18.4. The number of aromatic nitrogens is 1. The average Bonchev–Trinajstić information content (AvgIpc) is 3.06. The first-order chi connectivity index (χ1) is 13.5. The standard InChI is InChI=1S/C24H32N2O2/c1-23-9-7-21-18(14-26-22-11-16(27)6-8-24(21,22)2)20(23)5-4-19(23)15-10-17(28-3)13-25-12-15/h4,10,12-13,16,18,20-21,27H,5-9,11,14H2,1-3H3/t16?,18-,20-,21-,23+,24+/m0/s1. The highest BCUT2D eigenvalue weighted by Crippen LogP contribution is 2.63. The number of allylic oxidation sites excluding steroid dienone is 2. The van der Waals surface area contributed by atoms with Crippen LogP contribution in [-0.2, 0) is 0 Å². The molecule has 3 aliphatic carbocycles. The molecule has 28 heavy (non-hydrogen) atoms. The van der Waals surface area contributed by atoms with Gasteiger partial charge in [-0.2, -0.15) is 0 Å². The van der Waals surface area contributed by atoms with Gasteiger partial charge in [-0.05, 0) is 72.5 Å². The number of hydrogen-bond acceptors (Lipinski definition) is 4. The molecule has 2 fully saturated rings. The molecule has 4 aliphatic rings. The summed E-state index contributed by atoms with van der Waals surface area (Å²) >= 11 is 0. The lowest BCUT2D eigenvalue weighted by Crippen LogP contribution is -2.54. The fourth-order valence-electron chi connectivity index (χ4n) is 7.06. The van der Waals surface area contributed by atoms with Crippen molar-refractivity contribution < 1.29 is 9.84 Å². The topological polar surface area (TPSA) is 54.7 Å². The maximum absolute atomic E-state index is 10.1. The van der Waals surface area contributed by atoms with Crippen LogP contribution >= 0.6 is 0 Å². The zero-order valence-electron chi connectivity index (χ0n) is 17.3. The van der Waals surface area contributed by atoms with E-state index in [4.69, 9.17) is 9.73 Å². The Hall–Kier alpha value is -1.68. The van der Waals surface area contributed by atoms with Crippen molar-refractivity contribution in [1.82, 2.24) is 4.98 Å². The van der Waals surface area contributed by atoms with Crippen LogP contribution in [-0.4, -0.2) is 35.6 Å². The predicted molar refractivity (Wildman–Crippen MR) is 111 cm³/mol. The van der Waals surface area contributed by atoms with Crippen molar-refractivity contribution in [2.24, 2.45) is 33.6 Å². The van der Waals surface area contributed by atoms with E-state index in [9.17, 15) is 5.11 Å². The Morgan fingerprint density at radius 3 is 2.75 bits per heavy atom. The molecule has 4 heteroatoms. The number of methoxy groups -OCH3 is 1. The van der Waals surface area contributed by atoms with Gasteiger partial charge in [0.15, 0.2) is 0 Å². The maximum atomic E-state index is 10.1. The Labute approximate surface area is 168 Å². The van der Waals surface area contributed by atoms with Crippen molar-refractivity contribution in [3.63, 3.8) is 0 Å². The number of rotatable bonds is 2. The van der Waals surface area contributed by atoms with E-state index in [0.29, 0.717) is 17.8 Å². The molecule has 0 saturated heterocycles. The summed E-state index contributed by atoms with van der Waals surface area (Å²) in [6.07, 6.45) is 12.5. The average molecular weight is 381 g/mol. The summed E-state index contributed by atoms with van der Waals surface area (Å²) in [4.78, 5) is 9.49. The molecular weight excluding hydrogens is 348 g/mol. The Morgan fingerprint density at radius 1 is 1.11 bits per heavy atom. The summed E-state index contributed by atoms with van der Waals surface area (Å²) in [6.45, 7) is 5.85. The minimum absolute atomic E-state index is 0.183. The van der Waals surface area contributed by atoms with Crippen LogP contribution in [0.4, 0.5) is 0 Å². The van der Waals surface area contributed by atoms with E-state index in [1.54, 1.807) is 13.3 Å². The normalized spacial score (nSPS) is 42.0. The summed E-state index contributed by atoms with van der Waals surface area (Å²) in [5.41, 5.74) is 4.38. The van der Waals surface area contributed by atoms with E-state index < -0.39 is 0 Å². The Kier molecular flexibility index (Phi) is 4.20. The Morgan fingerprint density at radius 2 is 1.93 bits per heavy atom. The SMILES string of the molecule is COc1cncc(C2=CC[C@H]3[C@@H]4CN=C5CC(O)CC[C@]5(C)[C@H]4CC[C@]23C)c1. The second kappa shape index (κ2) is 6.41. The Balaban J connectivity index is 1.46. The van der Waals surface area contributed by atoms with Crippen molar-refractivity contribution in [3.05, 3.63) is 30.1 Å². The molecule has 2 heterocycles. The lowest BCUT2D eigenvalue weighted by atomic mass is 9.49. The molecule has 0 amide bonds. The molecule has 0 bridgehead atoms. The van der Waals surface area contributed by atoms with Gasteiger partial charge in [0.2, 0.25) is 0 Å². The van der Waals surface area contributed by atoms with Crippen LogP contribution in [0, 0.1) is 28.6 Å². The highest BCUT2D eigenvalue weighted by atomic mass is 16.5. The van der Waals surface area contributed by atoms with Crippen LogP contribution in [0.1, 0.15) is 57.9 Å². The third-order valence-electron chi connectivity index (χ3n) is 8.67. The van der Waals surface area contributed by atoms with Crippen molar-refractivity contribution in [2.45, 2.75) is 58.5 Å². The molecule has 0 radical (unpaired) electrons. The van der Waals surface area contributed by atoms with Crippen molar-refractivity contribution in [1.29, 1.82) is 0 Å². The number of aliphatic hydroxyl groups is 1. The minimum atomic E-state index is -0.183. The third kappa shape index (κ3) is 2.53. The van der Waals surface area contributed by atoms with Gasteiger partial charge in [0, 0.05) is 30.3 Å². The lowest BCUT2D eigenvalue weighted by Gasteiger charge is -2.57. The van der Waals surface area contributed by atoms with Gasteiger partial charge in [0.25, 0.3) is 0 Å². The minimum Gasteiger partial charge on any atom is -0.495 e. The molecule has 1 N–H and O–H groups in total. The number of nitrogens with zero attached hydrogens (tertiary/aromatic N) is 2. The van der Waals surface area contributed by atoms with Gasteiger partial charge >= 0.3 is 0 Å². The van der Waals surface area contributed by atoms with Crippen molar-refractivity contribution in [2.75, 3.05) is 13.7 Å². The third-order valence-corrected chi connectivity index (χ3v) is 8.67. The number of pyridine rings is 1. The molecule has 1 aliphatic heterocycles. The molecule has 0 spiro atoms. The predicted octanol–water partition coefficient (Wildman–Crippen LogP) is 4.53. The molecule has 1 aromatic rings. The molecule has 2 saturated carbocycles. The zero-order chi connectivity index (χ0) is 19.5. The first-order valence-electron chi connectivity index (χ1n) is 10.9. The second-order valence-electron chi connectivity index (χ2n) is 9.90. The van der Waals surface area contributed by atoms with Gasteiger partial charge in [-0.15, -0.1) is 0 Å². The smallest absolute Gasteiger partial charge is 0.137 e. The van der Waals surface area contributed by atoms with Crippen LogP contribution in [0.3, 0.4) is 0 Å². The van der Waals surface area contributed by atoms with E-state index in [1.165, 1.54) is 29.7 Å². The summed E-state index contributed by atoms with van der Waals surface area (Å²) < 4.78 is 5.42. The zero-order valence-corrected chi connectivity index (χ0v) is 17.3. The highest BCUT2D eigenvalue weighted by Gasteiger charge is 2.57. The second-order valence-corrected chi connectivity index (χ2v) is 9.90. The van der Waals surface area contributed by atoms with E-state index in [-0.39, 0.29) is 16.9 Å². The van der Waals surface area contributed by atoms with E-state index in [0.717, 1.165) is 38.0 Å². The van der Waals surface area contributed by atoms with Gasteiger partial charge in [-0.1, -0.05) is 19.9 Å². The van der Waals surface area contributed by atoms with Crippen LogP contribution in [0.15, 0.2) is 29.5 Å². The van der Waals surface area contributed by atoms with Gasteiger partial charge in [-0.3, -0.25) is 9.98 Å². The molecule has 5 rings (SSSR count). The molecule has 0 aromatic carbocycles. The molecule has 1 unspecified atom stereocenters. The van der Waals surface area contributed by atoms with Crippen LogP contribution < -0.4 is 4.74 Å². The van der Waals surface area contributed by atoms with Gasteiger partial charge < -0.3 is 9.84 Å². The number of aliphatic hydroxyl groups excluding tert-OH is 1.